The maximum atomic E-state index is 9.63. The zero-order valence-electron chi connectivity index (χ0n) is 7.81. The predicted molar refractivity (Wildman–Crippen MR) is 52.3 cm³/mol. The normalized spacial score (nSPS) is 9.92. The first-order chi connectivity index (χ1) is 5.52. The van der Waals surface area contributed by atoms with Crippen LogP contribution in [0.3, 0.4) is 0 Å². The summed E-state index contributed by atoms with van der Waals surface area (Å²) in [5, 5.41) is 9.63. The molecule has 0 amide bonds. The zero-order chi connectivity index (χ0) is 9.30. The second-order valence-corrected chi connectivity index (χ2v) is 3.26. The Morgan fingerprint density at radius 3 is 2.42 bits per heavy atom. The lowest BCUT2D eigenvalue weighted by Crippen LogP contribution is -1.85. The second-order valence-electron chi connectivity index (χ2n) is 3.26. The minimum atomic E-state index is 0.355. The van der Waals surface area contributed by atoms with Crippen molar-refractivity contribution in [3.05, 3.63) is 35.4 Å². The lowest BCUT2D eigenvalue weighted by Gasteiger charge is -2.07. The van der Waals surface area contributed by atoms with Gasteiger partial charge in [-0.25, -0.2) is 0 Å². The first-order valence-corrected chi connectivity index (χ1v) is 3.98. The Balaban J connectivity index is 3.37. The van der Waals surface area contributed by atoms with Gasteiger partial charge in [-0.05, 0) is 43.5 Å². The van der Waals surface area contributed by atoms with Gasteiger partial charge in [0.25, 0.3) is 0 Å². The summed E-state index contributed by atoms with van der Waals surface area (Å²) in [5.41, 5.74) is 3.82. The van der Waals surface area contributed by atoms with Gasteiger partial charge >= 0.3 is 0 Å². The molecule has 12 heavy (non-hydrogen) atoms. The largest absolute Gasteiger partial charge is 0.507 e. The molecular weight excluding hydrogens is 148 g/mol. The van der Waals surface area contributed by atoms with E-state index in [-0.39, 0.29) is 0 Å². The SMILES string of the molecule is C=C(C)c1cc(C)cc(C)c1O. The van der Waals surface area contributed by atoms with Gasteiger partial charge in [-0.3, -0.25) is 0 Å². The number of aryl methyl sites for hydroxylation is 2. The second kappa shape index (κ2) is 3.02. The van der Waals surface area contributed by atoms with Crippen LogP contribution in [0.15, 0.2) is 18.7 Å². The molecule has 0 saturated heterocycles. The molecule has 0 saturated carbocycles. The molecule has 0 fully saturated rings. The van der Waals surface area contributed by atoms with E-state index in [4.69, 9.17) is 0 Å². The third kappa shape index (κ3) is 1.50. The predicted octanol–water partition coefficient (Wildman–Crippen LogP) is 3.04. The Labute approximate surface area is 73.4 Å². The molecule has 1 rings (SSSR count). The Morgan fingerprint density at radius 2 is 1.92 bits per heavy atom. The highest BCUT2D eigenvalue weighted by Gasteiger charge is 2.04. The van der Waals surface area contributed by atoms with Crippen molar-refractivity contribution >= 4 is 5.57 Å². The smallest absolute Gasteiger partial charge is 0.125 e. The molecule has 1 aromatic carbocycles. The van der Waals surface area contributed by atoms with Gasteiger partial charge < -0.3 is 5.11 Å². The average molecular weight is 162 g/mol. The van der Waals surface area contributed by atoms with Crippen molar-refractivity contribution < 1.29 is 5.11 Å². The van der Waals surface area contributed by atoms with E-state index >= 15 is 0 Å². The van der Waals surface area contributed by atoms with Crippen LogP contribution in [0, 0.1) is 13.8 Å². The van der Waals surface area contributed by atoms with Crippen molar-refractivity contribution in [3.8, 4) is 5.75 Å². The number of allylic oxidation sites excluding steroid dienone is 1. The van der Waals surface area contributed by atoms with E-state index in [0.29, 0.717) is 5.75 Å². The van der Waals surface area contributed by atoms with Gasteiger partial charge in [0.2, 0.25) is 0 Å². The summed E-state index contributed by atoms with van der Waals surface area (Å²) in [6.07, 6.45) is 0. The van der Waals surface area contributed by atoms with Crippen LogP contribution >= 0.6 is 0 Å². The molecule has 0 aliphatic carbocycles. The van der Waals surface area contributed by atoms with Crippen LogP contribution in [0.2, 0.25) is 0 Å². The average Bonchev–Trinajstić information content (AvgIpc) is 1.96. The highest BCUT2D eigenvalue weighted by Crippen LogP contribution is 2.28. The van der Waals surface area contributed by atoms with Gasteiger partial charge in [-0.2, -0.15) is 0 Å². The summed E-state index contributed by atoms with van der Waals surface area (Å²) in [5.74, 6) is 0.355. The van der Waals surface area contributed by atoms with Crippen LogP contribution in [-0.4, -0.2) is 5.11 Å². The quantitative estimate of drug-likeness (QED) is 0.673. The first-order valence-electron chi connectivity index (χ1n) is 3.98. The van der Waals surface area contributed by atoms with Gasteiger partial charge in [-0.1, -0.05) is 12.6 Å². The van der Waals surface area contributed by atoms with E-state index in [2.05, 4.69) is 6.58 Å². The van der Waals surface area contributed by atoms with E-state index in [1.807, 2.05) is 32.9 Å². The minimum absolute atomic E-state index is 0.355. The number of aromatic hydroxyl groups is 1. The van der Waals surface area contributed by atoms with E-state index in [9.17, 15) is 5.11 Å². The fraction of sp³-hybridized carbons (Fsp3) is 0.273. The highest BCUT2D eigenvalue weighted by atomic mass is 16.3. The van der Waals surface area contributed by atoms with Crippen LogP contribution in [0.25, 0.3) is 5.57 Å². The van der Waals surface area contributed by atoms with Gasteiger partial charge in [0.1, 0.15) is 5.75 Å². The standard InChI is InChI=1S/C11H14O/c1-7(2)10-6-8(3)5-9(4)11(10)12/h5-6,12H,1H2,2-4H3. The summed E-state index contributed by atoms with van der Waals surface area (Å²) in [4.78, 5) is 0. The van der Waals surface area contributed by atoms with Crippen LogP contribution in [0.4, 0.5) is 0 Å². The fourth-order valence-corrected chi connectivity index (χ4v) is 1.29. The molecule has 64 valence electrons. The number of rotatable bonds is 1. The molecule has 1 heteroatoms. The fourth-order valence-electron chi connectivity index (χ4n) is 1.29. The molecule has 0 aromatic heterocycles. The van der Waals surface area contributed by atoms with Crippen molar-refractivity contribution in [2.75, 3.05) is 0 Å². The molecule has 0 aliphatic heterocycles. The topological polar surface area (TPSA) is 20.2 Å². The van der Waals surface area contributed by atoms with E-state index in [1.165, 1.54) is 0 Å². The zero-order valence-corrected chi connectivity index (χ0v) is 7.81. The summed E-state index contributed by atoms with van der Waals surface area (Å²) in [6.45, 7) is 9.62. The van der Waals surface area contributed by atoms with E-state index in [0.717, 1.165) is 22.3 Å². The Bertz CT molecular complexity index is 324. The number of phenolic OH excluding ortho intramolecular Hbond substituents is 1. The number of hydrogen-bond acceptors (Lipinski definition) is 1. The van der Waals surface area contributed by atoms with Gasteiger partial charge in [0.05, 0.1) is 0 Å². The maximum Gasteiger partial charge on any atom is 0.125 e. The molecule has 0 atom stereocenters. The maximum absolute atomic E-state index is 9.63. The summed E-state index contributed by atoms with van der Waals surface area (Å²) in [7, 11) is 0. The van der Waals surface area contributed by atoms with Crippen molar-refractivity contribution in [3.63, 3.8) is 0 Å². The summed E-state index contributed by atoms with van der Waals surface area (Å²) in [6, 6.07) is 3.91. The minimum Gasteiger partial charge on any atom is -0.507 e. The van der Waals surface area contributed by atoms with Gasteiger partial charge in [0.15, 0.2) is 0 Å². The molecule has 0 heterocycles. The van der Waals surface area contributed by atoms with Crippen molar-refractivity contribution in [1.82, 2.24) is 0 Å². The first kappa shape index (κ1) is 8.85. The van der Waals surface area contributed by atoms with Crippen LogP contribution in [0.1, 0.15) is 23.6 Å². The molecule has 0 bridgehead atoms. The summed E-state index contributed by atoms with van der Waals surface area (Å²) >= 11 is 0. The lowest BCUT2D eigenvalue weighted by atomic mass is 10.0. The molecule has 1 aromatic rings. The van der Waals surface area contributed by atoms with E-state index in [1.54, 1.807) is 0 Å². The number of hydrogen-bond donors (Lipinski definition) is 1. The Morgan fingerprint density at radius 1 is 1.33 bits per heavy atom. The van der Waals surface area contributed by atoms with E-state index < -0.39 is 0 Å². The molecule has 0 radical (unpaired) electrons. The Hall–Kier alpha value is -1.24. The molecule has 0 unspecified atom stereocenters. The molecule has 0 aliphatic rings. The van der Waals surface area contributed by atoms with Crippen LogP contribution in [-0.2, 0) is 0 Å². The molecule has 1 nitrogen and oxygen atoms in total. The van der Waals surface area contributed by atoms with Crippen molar-refractivity contribution in [1.29, 1.82) is 0 Å². The van der Waals surface area contributed by atoms with Crippen LogP contribution in [0.5, 0.6) is 5.75 Å². The lowest BCUT2D eigenvalue weighted by molar-refractivity contribution is 0.469. The van der Waals surface area contributed by atoms with Crippen molar-refractivity contribution in [2.24, 2.45) is 0 Å². The van der Waals surface area contributed by atoms with Crippen LogP contribution < -0.4 is 0 Å². The summed E-state index contributed by atoms with van der Waals surface area (Å²) < 4.78 is 0. The highest BCUT2D eigenvalue weighted by molar-refractivity contribution is 5.68. The monoisotopic (exact) mass is 162 g/mol. The van der Waals surface area contributed by atoms with Gasteiger partial charge in [-0.15, -0.1) is 0 Å². The van der Waals surface area contributed by atoms with Crippen molar-refractivity contribution in [2.45, 2.75) is 20.8 Å². The molecule has 1 N–H and O–H groups in total. The Kier molecular flexibility index (Phi) is 2.22. The number of benzene rings is 1. The third-order valence-corrected chi connectivity index (χ3v) is 1.90. The third-order valence-electron chi connectivity index (χ3n) is 1.90. The van der Waals surface area contributed by atoms with Gasteiger partial charge in [0, 0.05) is 5.56 Å². The molecule has 0 spiro atoms. The molecular formula is C11H14O. The number of phenols is 1.